The number of anilines is 4. The van der Waals surface area contributed by atoms with Crippen molar-refractivity contribution >= 4 is 29.0 Å². The molecule has 0 heterocycles. The van der Waals surface area contributed by atoms with Crippen LogP contribution in [0, 0.1) is 0 Å². The summed E-state index contributed by atoms with van der Waals surface area (Å²) in [6.07, 6.45) is 5.76. The summed E-state index contributed by atoms with van der Waals surface area (Å²) >= 11 is 0. The topological polar surface area (TPSA) is 46.1 Å². The molecule has 0 fully saturated rings. The molecule has 2 rings (SSSR count). The summed E-state index contributed by atoms with van der Waals surface area (Å²) in [5.74, 6) is 0. The zero-order valence-electron chi connectivity index (χ0n) is 18.3. The Bertz CT molecular complexity index is 763. The smallest absolute Gasteiger partial charge is 0.0591 e. The predicted octanol–water partition coefficient (Wildman–Crippen LogP) is 4.32. The van der Waals surface area contributed by atoms with Crippen molar-refractivity contribution < 1.29 is 0 Å². The molecule has 0 radical (unpaired) electrons. The number of hydrogen-bond acceptors (Lipinski definition) is 6. The van der Waals surface area contributed by atoms with Crippen LogP contribution in [0.1, 0.15) is 13.8 Å². The monoisotopic (exact) mass is 394 g/mol. The first-order chi connectivity index (χ1) is 14.1. The molecule has 0 aliphatic carbocycles. The molecule has 2 N–H and O–H groups in total. The molecule has 6 nitrogen and oxygen atoms in total. The van der Waals surface area contributed by atoms with Crippen molar-refractivity contribution in [3.63, 3.8) is 0 Å². The largest absolute Gasteiger partial charge is 0.393 e. The van der Waals surface area contributed by atoms with Crippen molar-refractivity contribution in [2.45, 2.75) is 13.8 Å². The third-order valence-electron chi connectivity index (χ3n) is 4.65. The van der Waals surface area contributed by atoms with Crippen molar-refractivity contribution in [1.82, 2.24) is 10.2 Å². The maximum atomic E-state index is 4.49. The Morgan fingerprint density at radius 3 is 1.93 bits per heavy atom. The van der Waals surface area contributed by atoms with E-state index >= 15 is 0 Å². The standard InChI is InChI=1S/C23H34N6/c1-6-29(7-2)23-14-10-21(11-15-23)26-20-8-12-22(13-9-20)28(5)25-17-19-27(4)18-16-24-3/h8-18,24,26H,6-7,19H2,1-5H3/b18-16-,25-17+. The highest BCUT2D eigenvalue weighted by molar-refractivity contribution is 5.66. The van der Waals surface area contributed by atoms with Gasteiger partial charge in [0.1, 0.15) is 0 Å². The van der Waals surface area contributed by atoms with Gasteiger partial charge in [-0.05, 0) is 62.4 Å². The second kappa shape index (κ2) is 11.6. The highest BCUT2D eigenvalue weighted by Crippen LogP contribution is 2.23. The molecule has 0 amide bonds. The van der Waals surface area contributed by atoms with Crippen LogP contribution < -0.4 is 20.5 Å². The number of hydrogen-bond donors (Lipinski definition) is 2. The Labute approximate surface area is 175 Å². The first-order valence-electron chi connectivity index (χ1n) is 10.1. The Morgan fingerprint density at radius 1 is 0.862 bits per heavy atom. The minimum atomic E-state index is 0.742. The number of nitrogens with zero attached hydrogens (tertiary/aromatic N) is 4. The van der Waals surface area contributed by atoms with Gasteiger partial charge >= 0.3 is 0 Å². The van der Waals surface area contributed by atoms with E-state index in [4.69, 9.17) is 0 Å². The third kappa shape index (κ3) is 7.07. The van der Waals surface area contributed by atoms with Crippen LogP contribution in [0.5, 0.6) is 0 Å². The molecule has 2 aromatic carbocycles. The molecule has 0 spiro atoms. The number of hydrazone groups is 1. The van der Waals surface area contributed by atoms with Crippen LogP contribution in [0.3, 0.4) is 0 Å². The van der Waals surface area contributed by atoms with Crippen LogP contribution in [0.25, 0.3) is 0 Å². The van der Waals surface area contributed by atoms with Crippen molar-refractivity contribution in [1.29, 1.82) is 0 Å². The summed E-state index contributed by atoms with van der Waals surface area (Å²) in [5.41, 5.74) is 4.43. The van der Waals surface area contributed by atoms with E-state index in [1.54, 1.807) is 0 Å². The molecule has 6 heteroatoms. The summed E-state index contributed by atoms with van der Waals surface area (Å²) in [6.45, 7) is 7.13. The number of benzene rings is 2. The lowest BCUT2D eigenvalue weighted by Crippen LogP contribution is -2.21. The highest BCUT2D eigenvalue weighted by atomic mass is 15.4. The van der Waals surface area contributed by atoms with Gasteiger partial charge in [-0.2, -0.15) is 5.10 Å². The van der Waals surface area contributed by atoms with E-state index in [1.807, 2.05) is 49.7 Å². The molecule has 0 saturated heterocycles. The van der Waals surface area contributed by atoms with E-state index < -0.39 is 0 Å². The van der Waals surface area contributed by atoms with Gasteiger partial charge in [0, 0.05) is 69.9 Å². The zero-order valence-corrected chi connectivity index (χ0v) is 18.3. The van der Waals surface area contributed by atoms with Gasteiger partial charge in [0.15, 0.2) is 0 Å². The van der Waals surface area contributed by atoms with Crippen LogP contribution in [-0.2, 0) is 0 Å². The molecule has 0 atom stereocenters. The Hall–Kier alpha value is -3.15. The first kappa shape index (κ1) is 22.1. The molecule has 156 valence electrons. The van der Waals surface area contributed by atoms with E-state index in [0.717, 1.165) is 36.7 Å². The Kier molecular flexibility index (Phi) is 8.89. The van der Waals surface area contributed by atoms with Crippen molar-refractivity contribution in [2.75, 3.05) is 56.0 Å². The van der Waals surface area contributed by atoms with Crippen LogP contribution in [0.4, 0.5) is 22.7 Å². The molecular weight excluding hydrogens is 360 g/mol. The van der Waals surface area contributed by atoms with Crippen LogP contribution >= 0.6 is 0 Å². The fourth-order valence-electron chi connectivity index (χ4n) is 2.89. The predicted molar refractivity (Wildman–Crippen MR) is 127 cm³/mol. The summed E-state index contributed by atoms with van der Waals surface area (Å²) in [6, 6.07) is 16.8. The molecule has 0 unspecified atom stereocenters. The molecule has 0 bridgehead atoms. The Morgan fingerprint density at radius 2 is 1.41 bits per heavy atom. The third-order valence-corrected chi connectivity index (χ3v) is 4.65. The van der Waals surface area contributed by atoms with Crippen LogP contribution in [0.15, 0.2) is 66.0 Å². The average molecular weight is 395 g/mol. The molecule has 0 aliphatic rings. The van der Waals surface area contributed by atoms with Gasteiger partial charge in [-0.1, -0.05) is 0 Å². The van der Waals surface area contributed by atoms with Gasteiger partial charge in [0.25, 0.3) is 0 Å². The van der Waals surface area contributed by atoms with E-state index in [0.29, 0.717) is 0 Å². The molecule has 2 aromatic rings. The minimum absolute atomic E-state index is 0.742. The summed E-state index contributed by atoms with van der Waals surface area (Å²) in [4.78, 5) is 4.38. The average Bonchev–Trinajstić information content (AvgIpc) is 2.74. The molecule has 0 aromatic heterocycles. The summed E-state index contributed by atoms with van der Waals surface area (Å²) < 4.78 is 0. The molecule has 0 saturated carbocycles. The SMILES string of the molecule is CCN(CC)c1ccc(Nc2ccc(N(C)/N=C/CN(C)/C=C\NC)cc2)cc1. The molecular formula is C23H34N6. The fraction of sp³-hybridized carbons (Fsp3) is 0.348. The second-order valence-corrected chi connectivity index (χ2v) is 6.76. The lowest BCUT2D eigenvalue weighted by atomic mass is 10.2. The van der Waals surface area contributed by atoms with Gasteiger partial charge in [-0.3, -0.25) is 5.01 Å². The van der Waals surface area contributed by atoms with Gasteiger partial charge in [-0.25, -0.2) is 0 Å². The van der Waals surface area contributed by atoms with Crippen LogP contribution in [-0.4, -0.2) is 51.9 Å². The van der Waals surface area contributed by atoms with Crippen molar-refractivity contribution in [3.8, 4) is 0 Å². The fourth-order valence-corrected chi connectivity index (χ4v) is 2.89. The van der Waals surface area contributed by atoms with Gasteiger partial charge in [-0.15, -0.1) is 0 Å². The lowest BCUT2D eigenvalue weighted by Gasteiger charge is -2.21. The van der Waals surface area contributed by atoms with Crippen molar-refractivity contribution in [2.24, 2.45) is 5.10 Å². The van der Waals surface area contributed by atoms with Gasteiger partial charge in [0.2, 0.25) is 0 Å². The van der Waals surface area contributed by atoms with E-state index in [2.05, 4.69) is 83.0 Å². The van der Waals surface area contributed by atoms with E-state index in [9.17, 15) is 0 Å². The lowest BCUT2D eigenvalue weighted by molar-refractivity contribution is 0.525. The molecule has 0 aliphatic heterocycles. The van der Waals surface area contributed by atoms with Crippen LogP contribution in [0.2, 0.25) is 0 Å². The maximum absolute atomic E-state index is 4.49. The minimum Gasteiger partial charge on any atom is -0.393 e. The van der Waals surface area contributed by atoms with Gasteiger partial charge in [0.05, 0.1) is 12.2 Å². The highest BCUT2D eigenvalue weighted by Gasteiger charge is 2.03. The maximum Gasteiger partial charge on any atom is 0.0591 e. The first-order valence-corrected chi connectivity index (χ1v) is 10.1. The van der Waals surface area contributed by atoms with E-state index in [1.165, 1.54) is 5.69 Å². The quantitative estimate of drug-likeness (QED) is 0.439. The normalized spacial score (nSPS) is 11.1. The number of rotatable bonds is 11. The van der Waals surface area contributed by atoms with Crippen molar-refractivity contribution in [3.05, 3.63) is 60.9 Å². The summed E-state index contributed by atoms with van der Waals surface area (Å²) in [5, 5.41) is 12.8. The zero-order chi connectivity index (χ0) is 21.1. The molecule has 29 heavy (non-hydrogen) atoms. The van der Waals surface area contributed by atoms with E-state index in [-0.39, 0.29) is 0 Å². The number of nitrogens with one attached hydrogen (secondary N) is 2. The summed E-state index contributed by atoms with van der Waals surface area (Å²) in [7, 11) is 5.84. The second-order valence-electron chi connectivity index (χ2n) is 6.76. The van der Waals surface area contributed by atoms with Gasteiger partial charge < -0.3 is 20.4 Å². The Balaban J connectivity index is 1.91.